The van der Waals surface area contributed by atoms with Crippen molar-refractivity contribution in [3.8, 4) is 11.6 Å². The van der Waals surface area contributed by atoms with Gasteiger partial charge in [0.1, 0.15) is 11.4 Å². The Kier molecular flexibility index (Phi) is 5.66. The summed E-state index contributed by atoms with van der Waals surface area (Å²) in [5.74, 6) is 0.00681. The molecule has 1 aromatic carbocycles. The molecule has 2 aromatic rings. The molecule has 26 heavy (non-hydrogen) atoms. The van der Waals surface area contributed by atoms with Crippen molar-refractivity contribution in [2.24, 2.45) is 0 Å². The van der Waals surface area contributed by atoms with Gasteiger partial charge in [-0.3, -0.25) is 15.4 Å². The van der Waals surface area contributed by atoms with Crippen molar-refractivity contribution in [2.75, 3.05) is 5.32 Å². The van der Waals surface area contributed by atoms with E-state index in [0.717, 1.165) is 0 Å². The number of ether oxygens (including phenoxy) is 2. The highest BCUT2D eigenvalue weighted by Gasteiger charge is 2.22. The molecule has 0 radical (unpaired) electrons. The van der Waals surface area contributed by atoms with E-state index in [9.17, 15) is 14.9 Å². The Hall–Kier alpha value is -2.87. The zero-order chi connectivity index (χ0) is 19.5. The number of benzene rings is 1. The number of aromatic nitrogens is 1. The van der Waals surface area contributed by atoms with E-state index in [1.54, 1.807) is 27.7 Å². The Morgan fingerprint density at radius 1 is 1.31 bits per heavy atom. The van der Waals surface area contributed by atoms with Crippen LogP contribution in [0.2, 0.25) is 5.02 Å². The van der Waals surface area contributed by atoms with Crippen molar-refractivity contribution in [1.29, 1.82) is 0 Å². The van der Waals surface area contributed by atoms with Crippen molar-refractivity contribution in [3.63, 3.8) is 0 Å². The van der Waals surface area contributed by atoms with Gasteiger partial charge in [-0.1, -0.05) is 11.6 Å². The molecule has 0 saturated heterocycles. The lowest BCUT2D eigenvalue weighted by atomic mass is 10.2. The molecule has 138 valence electrons. The first-order valence-electron chi connectivity index (χ1n) is 7.64. The number of hydrogen-bond donors (Lipinski definition) is 1. The van der Waals surface area contributed by atoms with Gasteiger partial charge in [0, 0.05) is 17.4 Å². The standard InChI is InChI=1S/C17H18ClN3O5/c1-10-7-8-19-15(14(10)21(23)24)25-13-6-5-11(9-12(13)18)20-16(22)26-17(2,3)4/h5-9H,1-4H3,(H,20,22). The Morgan fingerprint density at radius 2 is 2.00 bits per heavy atom. The predicted octanol–water partition coefficient (Wildman–Crippen LogP) is 5.09. The van der Waals surface area contributed by atoms with Crippen molar-refractivity contribution < 1.29 is 19.2 Å². The number of nitro groups is 1. The lowest BCUT2D eigenvalue weighted by Crippen LogP contribution is -2.27. The van der Waals surface area contributed by atoms with E-state index in [0.29, 0.717) is 11.3 Å². The van der Waals surface area contributed by atoms with E-state index in [1.807, 2.05) is 0 Å². The van der Waals surface area contributed by atoms with Crippen LogP contribution in [0.3, 0.4) is 0 Å². The van der Waals surface area contributed by atoms with Gasteiger partial charge in [0.25, 0.3) is 5.88 Å². The second kappa shape index (κ2) is 7.57. The second-order valence-electron chi connectivity index (χ2n) is 6.41. The summed E-state index contributed by atoms with van der Waals surface area (Å²) in [6, 6.07) is 5.97. The van der Waals surface area contributed by atoms with Crippen LogP contribution in [-0.4, -0.2) is 21.6 Å². The van der Waals surface area contributed by atoms with Gasteiger partial charge < -0.3 is 9.47 Å². The fourth-order valence-electron chi connectivity index (χ4n) is 2.01. The van der Waals surface area contributed by atoms with Gasteiger partial charge in [-0.25, -0.2) is 9.78 Å². The summed E-state index contributed by atoms with van der Waals surface area (Å²) in [5, 5.41) is 13.9. The molecule has 8 nitrogen and oxygen atoms in total. The topological polar surface area (TPSA) is 104 Å². The molecule has 2 rings (SSSR count). The van der Waals surface area contributed by atoms with Crippen LogP contribution in [0.5, 0.6) is 11.6 Å². The fraction of sp³-hybridized carbons (Fsp3) is 0.294. The molecule has 0 unspecified atom stereocenters. The number of anilines is 1. The number of halogens is 1. The largest absolute Gasteiger partial charge is 0.444 e. The van der Waals surface area contributed by atoms with Gasteiger partial charge in [0.05, 0.1) is 9.95 Å². The third kappa shape index (κ3) is 5.06. The molecular formula is C17H18ClN3O5. The van der Waals surface area contributed by atoms with Crippen LogP contribution in [0.1, 0.15) is 26.3 Å². The first-order valence-corrected chi connectivity index (χ1v) is 8.02. The minimum atomic E-state index is -0.632. The molecule has 0 atom stereocenters. The van der Waals surface area contributed by atoms with Gasteiger partial charge in [-0.15, -0.1) is 0 Å². The van der Waals surface area contributed by atoms with Crippen molar-refractivity contribution in [2.45, 2.75) is 33.3 Å². The van der Waals surface area contributed by atoms with Gasteiger partial charge in [-0.2, -0.15) is 0 Å². The smallest absolute Gasteiger partial charge is 0.412 e. The minimum Gasteiger partial charge on any atom is -0.444 e. The Morgan fingerprint density at radius 3 is 2.58 bits per heavy atom. The maximum atomic E-state index is 11.8. The number of carbonyl (C=O) groups is 1. The first kappa shape index (κ1) is 19.5. The Labute approximate surface area is 155 Å². The van der Waals surface area contributed by atoms with E-state index < -0.39 is 16.6 Å². The monoisotopic (exact) mass is 379 g/mol. The number of aryl methyl sites for hydroxylation is 1. The van der Waals surface area contributed by atoms with Crippen LogP contribution in [0.4, 0.5) is 16.2 Å². The molecule has 0 saturated carbocycles. The molecule has 0 bridgehead atoms. The molecule has 1 aromatic heterocycles. The fourth-order valence-corrected chi connectivity index (χ4v) is 2.23. The Balaban J connectivity index is 2.20. The number of rotatable bonds is 4. The molecular weight excluding hydrogens is 362 g/mol. The number of pyridine rings is 1. The summed E-state index contributed by atoms with van der Waals surface area (Å²) < 4.78 is 10.6. The molecule has 9 heteroatoms. The van der Waals surface area contributed by atoms with E-state index in [2.05, 4.69) is 10.3 Å². The highest BCUT2D eigenvalue weighted by molar-refractivity contribution is 6.32. The number of hydrogen-bond acceptors (Lipinski definition) is 6. The van der Waals surface area contributed by atoms with Crippen molar-refractivity contribution >= 4 is 29.1 Å². The van der Waals surface area contributed by atoms with E-state index in [-0.39, 0.29) is 22.3 Å². The number of carbonyl (C=O) groups excluding carboxylic acids is 1. The van der Waals surface area contributed by atoms with Crippen LogP contribution in [0.15, 0.2) is 30.5 Å². The van der Waals surface area contributed by atoms with Crippen LogP contribution in [0, 0.1) is 17.0 Å². The minimum absolute atomic E-state index is 0.149. The van der Waals surface area contributed by atoms with E-state index >= 15 is 0 Å². The maximum absolute atomic E-state index is 11.8. The van der Waals surface area contributed by atoms with Gasteiger partial charge in [0.15, 0.2) is 0 Å². The quantitative estimate of drug-likeness (QED) is 0.586. The summed E-state index contributed by atoms with van der Waals surface area (Å²) in [6.45, 7) is 6.83. The maximum Gasteiger partial charge on any atom is 0.412 e. The molecule has 0 fully saturated rings. The van der Waals surface area contributed by atoms with E-state index in [1.165, 1.54) is 30.5 Å². The summed E-state index contributed by atoms with van der Waals surface area (Å²) in [4.78, 5) is 26.3. The lowest BCUT2D eigenvalue weighted by molar-refractivity contribution is -0.386. The summed E-state index contributed by atoms with van der Waals surface area (Å²) in [7, 11) is 0. The molecule has 1 heterocycles. The van der Waals surface area contributed by atoms with E-state index in [4.69, 9.17) is 21.1 Å². The average molecular weight is 380 g/mol. The number of nitrogens with zero attached hydrogens (tertiary/aromatic N) is 2. The molecule has 0 spiro atoms. The molecule has 1 amide bonds. The molecule has 0 aliphatic carbocycles. The zero-order valence-electron chi connectivity index (χ0n) is 14.7. The van der Waals surface area contributed by atoms with Crippen molar-refractivity contribution in [1.82, 2.24) is 4.98 Å². The molecule has 1 N–H and O–H groups in total. The number of amides is 1. The first-order chi connectivity index (χ1) is 12.1. The summed E-state index contributed by atoms with van der Waals surface area (Å²) in [6.07, 6.45) is 0.780. The summed E-state index contributed by atoms with van der Waals surface area (Å²) in [5.41, 5.74) is -0.0608. The molecule has 0 aliphatic rings. The van der Waals surface area contributed by atoms with Crippen LogP contribution in [0.25, 0.3) is 0 Å². The van der Waals surface area contributed by atoms with Crippen LogP contribution >= 0.6 is 11.6 Å². The second-order valence-corrected chi connectivity index (χ2v) is 6.82. The highest BCUT2D eigenvalue weighted by atomic mass is 35.5. The van der Waals surface area contributed by atoms with Crippen LogP contribution in [-0.2, 0) is 4.74 Å². The number of nitrogens with one attached hydrogen (secondary N) is 1. The Bertz CT molecular complexity index is 849. The van der Waals surface area contributed by atoms with Crippen LogP contribution < -0.4 is 10.1 Å². The van der Waals surface area contributed by atoms with Crippen molar-refractivity contribution in [3.05, 3.63) is 51.2 Å². The summed E-state index contributed by atoms with van der Waals surface area (Å²) >= 11 is 6.15. The average Bonchev–Trinajstić information content (AvgIpc) is 2.47. The normalized spacial score (nSPS) is 11.0. The lowest BCUT2D eigenvalue weighted by Gasteiger charge is -2.19. The van der Waals surface area contributed by atoms with Gasteiger partial charge >= 0.3 is 11.8 Å². The third-order valence-electron chi connectivity index (χ3n) is 3.06. The van der Waals surface area contributed by atoms with Gasteiger partial charge in [-0.05, 0) is 52.0 Å². The molecule has 0 aliphatic heterocycles. The van der Waals surface area contributed by atoms with Gasteiger partial charge in [0.2, 0.25) is 0 Å². The highest BCUT2D eigenvalue weighted by Crippen LogP contribution is 2.36. The predicted molar refractivity (Wildman–Crippen MR) is 97.0 cm³/mol. The SMILES string of the molecule is Cc1ccnc(Oc2ccc(NC(=O)OC(C)(C)C)cc2Cl)c1[N+](=O)[O-]. The third-order valence-corrected chi connectivity index (χ3v) is 3.35. The zero-order valence-corrected chi connectivity index (χ0v) is 15.5.